The summed E-state index contributed by atoms with van der Waals surface area (Å²) in [6, 6.07) is 17.8. The first kappa shape index (κ1) is 18.6. The maximum absolute atomic E-state index is 6.29. The molecule has 4 aromatic rings. The lowest BCUT2D eigenvalue weighted by atomic mass is 9.98. The molecule has 3 heterocycles. The highest BCUT2D eigenvalue weighted by Crippen LogP contribution is 2.34. The highest BCUT2D eigenvalue weighted by Gasteiger charge is 2.25. The van der Waals surface area contributed by atoms with Crippen molar-refractivity contribution in [2.45, 2.75) is 18.8 Å². The number of aromatic nitrogens is 3. The van der Waals surface area contributed by atoms with Crippen LogP contribution in [0.2, 0.25) is 0 Å². The highest BCUT2D eigenvalue weighted by molar-refractivity contribution is 5.85. The average Bonchev–Trinajstić information content (AvgIpc) is 3.16. The number of hydrogen-bond acceptors (Lipinski definition) is 5. The van der Waals surface area contributed by atoms with Gasteiger partial charge in [0.15, 0.2) is 0 Å². The quantitative estimate of drug-likeness (QED) is 0.544. The number of nitrogens with two attached hydrogens (primary N) is 1. The Morgan fingerprint density at radius 1 is 1.03 bits per heavy atom. The van der Waals surface area contributed by atoms with E-state index in [1.54, 1.807) is 6.20 Å². The maximum Gasteiger partial charge on any atom is 0.150 e. The van der Waals surface area contributed by atoms with Gasteiger partial charge in [0.1, 0.15) is 34.4 Å². The first-order valence-corrected chi connectivity index (χ1v) is 10.3. The monoisotopic (exact) mass is 399 g/mol. The smallest absolute Gasteiger partial charge is 0.150 e. The molecule has 1 saturated heterocycles. The summed E-state index contributed by atoms with van der Waals surface area (Å²) >= 11 is 0. The molecule has 1 aliphatic heterocycles. The van der Waals surface area contributed by atoms with E-state index in [1.807, 2.05) is 60.8 Å². The first-order chi connectivity index (χ1) is 14.7. The van der Waals surface area contributed by atoms with Crippen molar-refractivity contribution in [3.8, 4) is 22.8 Å². The fourth-order valence-corrected chi connectivity index (χ4v) is 4.26. The second-order valence-corrected chi connectivity index (χ2v) is 7.89. The molecule has 1 fully saturated rings. The van der Waals surface area contributed by atoms with Crippen LogP contribution in [0.5, 0.6) is 11.5 Å². The van der Waals surface area contributed by atoms with Crippen molar-refractivity contribution in [1.29, 1.82) is 0 Å². The molecule has 0 bridgehead atoms. The molecule has 2 aromatic carbocycles. The predicted molar refractivity (Wildman–Crippen MR) is 119 cm³/mol. The summed E-state index contributed by atoms with van der Waals surface area (Å²) in [6.07, 6.45) is 6.03. The van der Waals surface area contributed by atoms with Crippen LogP contribution in [0.3, 0.4) is 0 Å². The molecule has 6 heteroatoms. The van der Waals surface area contributed by atoms with Crippen LogP contribution >= 0.6 is 0 Å². The van der Waals surface area contributed by atoms with E-state index < -0.39 is 0 Å². The van der Waals surface area contributed by atoms with Gasteiger partial charge in [0, 0.05) is 30.4 Å². The van der Waals surface area contributed by atoms with Crippen LogP contribution in [0, 0.1) is 0 Å². The number of hydrogen-bond donors (Lipinski definition) is 1. The molecule has 0 saturated carbocycles. The molecule has 1 aliphatic rings. The Hall–Kier alpha value is -3.38. The van der Waals surface area contributed by atoms with Crippen molar-refractivity contribution in [3.05, 3.63) is 72.8 Å². The van der Waals surface area contributed by atoms with Gasteiger partial charge in [0.2, 0.25) is 0 Å². The van der Waals surface area contributed by atoms with Crippen LogP contribution < -0.4 is 10.5 Å². The van der Waals surface area contributed by atoms with Gasteiger partial charge in [0.05, 0.1) is 0 Å². The van der Waals surface area contributed by atoms with Gasteiger partial charge in [-0.15, -0.1) is 0 Å². The number of imidazole rings is 1. The van der Waals surface area contributed by atoms with Crippen LogP contribution in [0.25, 0.3) is 16.8 Å². The SMILES string of the molecule is CN1CCCC(c2nc(-c3ccc(Oc4ccccc4)cc3)c3c(N)nccn23)C1. The molecule has 0 radical (unpaired) electrons. The van der Waals surface area contributed by atoms with Gasteiger partial charge in [-0.1, -0.05) is 18.2 Å². The van der Waals surface area contributed by atoms with Crippen LogP contribution in [-0.4, -0.2) is 39.4 Å². The molecule has 152 valence electrons. The van der Waals surface area contributed by atoms with E-state index >= 15 is 0 Å². The van der Waals surface area contributed by atoms with Crippen LogP contribution in [0.4, 0.5) is 5.82 Å². The third-order valence-electron chi connectivity index (χ3n) is 5.71. The van der Waals surface area contributed by atoms with Crippen LogP contribution in [0.1, 0.15) is 24.6 Å². The zero-order valence-electron chi connectivity index (χ0n) is 17.0. The van der Waals surface area contributed by atoms with Gasteiger partial charge in [-0.25, -0.2) is 9.97 Å². The van der Waals surface area contributed by atoms with Crippen molar-refractivity contribution in [1.82, 2.24) is 19.3 Å². The number of likely N-dealkylation sites (N-methyl/N-ethyl adjacent to an activating group) is 1. The van der Waals surface area contributed by atoms with Gasteiger partial charge in [0.25, 0.3) is 0 Å². The molecule has 2 aromatic heterocycles. The molecule has 1 atom stereocenters. The number of piperidine rings is 1. The fraction of sp³-hybridized carbons (Fsp3) is 0.250. The third-order valence-corrected chi connectivity index (χ3v) is 5.71. The van der Waals surface area contributed by atoms with Crippen LogP contribution in [0.15, 0.2) is 67.0 Å². The molecule has 0 aliphatic carbocycles. The van der Waals surface area contributed by atoms with Crippen molar-refractivity contribution >= 4 is 11.3 Å². The van der Waals surface area contributed by atoms with Crippen molar-refractivity contribution in [2.24, 2.45) is 0 Å². The minimum atomic E-state index is 0.382. The summed E-state index contributed by atoms with van der Waals surface area (Å²) in [5, 5.41) is 0. The van der Waals surface area contributed by atoms with E-state index in [4.69, 9.17) is 15.5 Å². The normalized spacial score (nSPS) is 17.3. The Kier molecular flexibility index (Phi) is 4.85. The zero-order chi connectivity index (χ0) is 20.5. The molecule has 30 heavy (non-hydrogen) atoms. The minimum Gasteiger partial charge on any atom is -0.457 e. The fourth-order valence-electron chi connectivity index (χ4n) is 4.26. The number of benzene rings is 2. The average molecular weight is 399 g/mol. The van der Waals surface area contributed by atoms with E-state index in [9.17, 15) is 0 Å². The van der Waals surface area contributed by atoms with E-state index in [0.717, 1.165) is 53.6 Å². The Balaban J connectivity index is 1.52. The Labute approximate surface area is 176 Å². The van der Waals surface area contributed by atoms with E-state index in [2.05, 4.69) is 21.3 Å². The van der Waals surface area contributed by atoms with Gasteiger partial charge >= 0.3 is 0 Å². The van der Waals surface area contributed by atoms with Crippen LogP contribution in [-0.2, 0) is 0 Å². The van der Waals surface area contributed by atoms with Gasteiger partial charge in [-0.2, -0.15) is 0 Å². The number of rotatable bonds is 4. The Morgan fingerprint density at radius 3 is 2.57 bits per heavy atom. The molecule has 1 unspecified atom stereocenters. The summed E-state index contributed by atoms with van der Waals surface area (Å²) < 4.78 is 8.05. The minimum absolute atomic E-state index is 0.382. The number of ether oxygens (including phenoxy) is 1. The summed E-state index contributed by atoms with van der Waals surface area (Å²) in [5.41, 5.74) is 9.04. The largest absolute Gasteiger partial charge is 0.457 e. The second kappa shape index (κ2) is 7.80. The number of fused-ring (bicyclic) bond motifs is 1. The zero-order valence-corrected chi connectivity index (χ0v) is 17.0. The van der Waals surface area contributed by atoms with Crippen molar-refractivity contribution in [3.63, 3.8) is 0 Å². The molecular formula is C24H25N5O. The lowest BCUT2D eigenvalue weighted by molar-refractivity contribution is 0.245. The lowest BCUT2D eigenvalue weighted by Crippen LogP contribution is -2.31. The summed E-state index contributed by atoms with van der Waals surface area (Å²) in [6.45, 7) is 2.14. The van der Waals surface area contributed by atoms with E-state index in [-0.39, 0.29) is 0 Å². The summed E-state index contributed by atoms with van der Waals surface area (Å²) in [5.74, 6) is 3.54. The first-order valence-electron chi connectivity index (χ1n) is 10.3. The summed E-state index contributed by atoms with van der Waals surface area (Å²) in [7, 11) is 2.17. The molecule has 0 amide bonds. The number of nitrogen functional groups attached to an aromatic ring is 1. The van der Waals surface area contributed by atoms with Gasteiger partial charge in [-0.05, 0) is 62.8 Å². The number of para-hydroxylation sites is 1. The lowest BCUT2D eigenvalue weighted by Gasteiger charge is -2.28. The Bertz CT molecular complexity index is 1150. The molecule has 2 N–H and O–H groups in total. The van der Waals surface area contributed by atoms with Gasteiger partial charge in [-0.3, -0.25) is 4.40 Å². The molecule has 0 spiro atoms. The topological polar surface area (TPSA) is 68.7 Å². The summed E-state index contributed by atoms with van der Waals surface area (Å²) in [4.78, 5) is 11.8. The standard InChI is InChI=1S/C24H25N5O/c1-28-14-5-6-18(16-28)24-27-21(22-23(25)26-13-15-29(22)24)17-9-11-20(12-10-17)30-19-7-3-2-4-8-19/h2-4,7-13,15,18H,5-6,14,16H2,1H3,(H2,25,26). The third kappa shape index (κ3) is 3.50. The molecule has 6 nitrogen and oxygen atoms in total. The number of nitrogens with zero attached hydrogens (tertiary/aromatic N) is 4. The van der Waals surface area contributed by atoms with E-state index in [1.165, 1.54) is 6.42 Å². The molecule has 5 rings (SSSR count). The number of anilines is 1. The van der Waals surface area contributed by atoms with E-state index in [0.29, 0.717) is 11.7 Å². The number of likely N-dealkylation sites (tertiary alicyclic amines) is 1. The van der Waals surface area contributed by atoms with Crippen molar-refractivity contribution < 1.29 is 4.74 Å². The Morgan fingerprint density at radius 2 is 1.80 bits per heavy atom. The maximum atomic E-state index is 6.29. The van der Waals surface area contributed by atoms with Gasteiger partial charge < -0.3 is 15.4 Å². The predicted octanol–water partition coefficient (Wildman–Crippen LogP) is 4.58. The highest BCUT2D eigenvalue weighted by atomic mass is 16.5. The van der Waals surface area contributed by atoms with Crippen molar-refractivity contribution in [2.75, 3.05) is 25.9 Å². The second-order valence-electron chi connectivity index (χ2n) is 7.89. The molecular weight excluding hydrogens is 374 g/mol.